The molecule has 0 saturated heterocycles. The van der Waals surface area contributed by atoms with Gasteiger partial charge in [0, 0.05) is 6.04 Å². The van der Waals surface area contributed by atoms with Crippen LogP contribution in [0, 0.1) is 0 Å². The van der Waals surface area contributed by atoms with E-state index in [0.717, 1.165) is 18.7 Å². The zero-order chi connectivity index (χ0) is 9.26. The minimum Gasteiger partial charge on any atom is -0.313 e. The van der Waals surface area contributed by atoms with Crippen LogP contribution in [0.2, 0.25) is 0 Å². The van der Waals surface area contributed by atoms with Crippen LogP contribution in [0.4, 0.5) is 0 Å². The fraction of sp³-hybridized carbons (Fsp3) is 0.750. The standard InChI is InChI=1S/C8H14N4O/c1-9-5-7-10-11-8(13)12(7)6-3-2-4-6/h6,9H,2-5H2,1H3,(H,11,13). The minimum absolute atomic E-state index is 0.0741. The fourth-order valence-corrected chi connectivity index (χ4v) is 1.64. The molecule has 5 nitrogen and oxygen atoms in total. The molecule has 0 amide bonds. The van der Waals surface area contributed by atoms with Gasteiger partial charge in [0.2, 0.25) is 0 Å². The maximum Gasteiger partial charge on any atom is 0.343 e. The van der Waals surface area contributed by atoms with E-state index < -0.39 is 0 Å². The maximum absolute atomic E-state index is 11.4. The number of aromatic amines is 1. The van der Waals surface area contributed by atoms with E-state index in [9.17, 15) is 4.79 Å². The molecule has 1 aromatic rings. The Bertz CT molecular complexity index is 336. The highest BCUT2D eigenvalue weighted by Crippen LogP contribution is 2.30. The number of rotatable bonds is 3. The molecule has 1 aliphatic carbocycles. The highest BCUT2D eigenvalue weighted by Gasteiger charge is 2.23. The van der Waals surface area contributed by atoms with Crippen LogP contribution in [-0.2, 0) is 6.54 Å². The second kappa shape index (κ2) is 3.33. The van der Waals surface area contributed by atoms with Gasteiger partial charge < -0.3 is 5.32 Å². The van der Waals surface area contributed by atoms with Crippen molar-refractivity contribution < 1.29 is 0 Å². The highest BCUT2D eigenvalue weighted by atomic mass is 16.1. The zero-order valence-corrected chi connectivity index (χ0v) is 7.71. The Kier molecular flexibility index (Phi) is 2.18. The molecule has 1 saturated carbocycles. The van der Waals surface area contributed by atoms with E-state index >= 15 is 0 Å². The molecule has 1 heterocycles. The van der Waals surface area contributed by atoms with Gasteiger partial charge >= 0.3 is 5.69 Å². The molecule has 2 N–H and O–H groups in total. The third-order valence-electron chi connectivity index (χ3n) is 2.55. The minimum atomic E-state index is -0.0741. The second-order valence-corrected chi connectivity index (χ2v) is 3.43. The van der Waals surface area contributed by atoms with Crippen LogP contribution in [-0.4, -0.2) is 21.8 Å². The van der Waals surface area contributed by atoms with E-state index in [1.54, 1.807) is 4.57 Å². The third-order valence-corrected chi connectivity index (χ3v) is 2.55. The van der Waals surface area contributed by atoms with Crippen molar-refractivity contribution in [2.45, 2.75) is 31.8 Å². The first-order valence-corrected chi connectivity index (χ1v) is 4.63. The summed E-state index contributed by atoms with van der Waals surface area (Å²) < 4.78 is 1.78. The Balaban J connectivity index is 2.28. The molecule has 0 radical (unpaired) electrons. The van der Waals surface area contributed by atoms with Crippen molar-refractivity contribution in [1.29, 1.82) is 0 Å². The quantitative estimate of drug-likeness (QED) is 0.692. The van der Waals surface area contributed by atoms with Crippen LogP contribution in [0.5, 0.6) is 0 Å². The van der Waals surface area contributed by atoms with Crippen molar-refractivity contribution in [2.75, 3.05) is 7.05 Å². The molecule has 2 rings (SSSR count). The average molecular weight is 182 g/mol. The molecule has 0 aliphatic heterocycles. The molecule has 0 unspecified atom stereocenters. The van der Waals surface area contributed by atoms with Crippen LogP contribution in [0.15, 0.2) is 4.79 Å². The lowest BCUT2D eigenvalue weighted by molar-refractivity contribution is 0.298. The van der Waals surface area contributed by atoms with Crippen molar-refractivity contribution in [1.82, 2.24) is 20.1 Å². The van der Waals surface area contributed by atoms with Crippen LogP contribution >= 0.6 is 0 Å². The van der Waals surface area contributed by atoms with E-state index in [2.05, 4.69) is 15.5 Å². The first kappa shape index (κ1) is 8.50. The molecule has 0 bridgehead atoms. The van der Waals surface area contributed by atoms with Gasteiger partial charge in [0.15, 0.2) is 0 Å². The van der Waals surface area contributed by atoms with Gasteiger partial charge in [0.05, 0.1) is 6.54 Å². The Morgan fingerprint density at radius 3 is 3.00 bits per heavy atom. The number of hydrogen-bond acceptors (Lipinski definition) is 3. The predicted molar refractivity (Wildman–Crippen MR) is 48.5 cm³/mol. The van der Waals surface area contributed by atoms with Gasteiger partial charge in [-0.2, -0.15) is 5.10 Å². The molecule has 13 heavy (non-hydrogen) atoms. The largest absolute Gasteiger partial charge is 0.343 e. The topological polar surface area (TPSA) is 62.7 Å². The number of nitrogens with zero attached hydrogens (tertiary/aromatic N) is 2. The third kappa shape index (κ3) is 1.39. The van der Waals surface area contributed by atoms with Crippen molar-refractivity contribution in [2.24, 2.45) is 0 Å². The van der Waals surface area contributed by atoms with Gasteiger partial charge in [-0.3, -0.25) is 4.57 Å². The zero-order valence-electron chi connectivity index (χ0n) is 7.71. The molecule has 72 valence electrons. The van der Waals surface area contributed by atoms with Gasteiger partial charge in [-0.25, -0.2) is 9.89 Å². The summed E-state index contributed by atoms with van der Waals surface area (Å²) in [6, 6.07) is 0.384. The van der Waals surface area contributed by atoms with E-state index in [-0.39, 0.29) is 5.69 Å². The summed E-state index contributed by atoms with van der Waals surface area (Å²) in [6.45, 7) is 0.648. The van der Waals surface area contributed by atoms with Crippen LogP contribution in [0.3, 0.4) is 0 Å². The molecular formula is C8H14N4O. The summed E-state index contributed by atoms with van der Waals surface area (Å²) >= 11 is 0. The molecule has 5 heteroatoms. The first-order chi connectivity index (χ1) is 6.33. The van der Waals surface area contributed by atoms with Gasteiger partial charge in [-0.05, 0) is 26.3 Å². The van der Waals surface area contributed by atoms with Gasteiger partial charge in [0.25, 0.3) is 0 Å². The lowest BCUT2D eigenvalue weighted by Gasteiger charge is -2.26. The maximum atomic E-state index is 11.4. The van der Waals surface area contributed by atoms with Crippen molar-refractivity contribution in [3.05, 3.63) is 16.3 Å². The monoisotopic (exact) mass is 182 g/mol. The van der Waals surface area contributed by atoms with Crippen molar-refractivity contribution >= 4 is 0 Å². The van der Waals surface area contributed by atoms with E-state index in [1.807, 2.05) is 7.05 Å². The summed E-state index contributed by atoms with van der Waals surface area (Å²) in [5.74, 6) is 0.817. The smallest absolute Gasteiger partial charge is 0.313 e. The number of hydrogen-bond donors (Lipinski definition) is 2. The van der Waals surface area contributed by atoms with Gasteiger partial charge in [-0.1, -0.05) is 0 Å². The van der Waals surface area contributed by atoms with E-state index in [1.165, 1.54) is 6.42 Å². The lowest BCUT2D eigenvalue weighted by atomic mass is 9.93. The Labute approximate surface area is 76.2 Å². The van der Waals surface area contributed by atoms with Crippen LogP contribution in [0.25, 0.3) is 0 Å². The van der Waals surface area contributed by atoms with E-state index in [4.69, 9.17) is 0 Å². The molecule has 0 spiro atoms. The van der Waals surface area contributed by atoms with E-state index in [0.29, 0.717) is 12.6 Å². The second-order valence-electron chi connectivity index (χ2n) is 3.43. The molecule has 1 aliphatic rings. The molecule has 1 aromatic heterocycles. The predicted octanol–water partition coefficient (Wildman–Crippen LogP) is 0.0158. The van der Waals surface area contributed by atoms with Gasteiger partial charge in [-0.15, -0.1) is 0 Å². The SMILES string of the molecule is CNCc1n[nH]c(=O)n1C1CCC1. The molecule has 1 fully saturated rings. The Hall–Kier alpha value is -1.10. The average Bonchev–Trinajstić information content (AvgIpc) is 2.34. The summed E-state index contributed by atoms with van der Waals surface area (Å²) in [4.78, 5) is 11.4. The normalized spacial score (nSPS) is 17.3. The molecule has 0 aromatic carbocycles. The van der Waals surface area contributed by atoms with Gasteiger partial charge in [0.1, 0.15) is 5.82 Å². The molecule has 0 atom stereocenters. The number of H-pyrrole nitrogens is 1. The summed E-state index contributed by atoms with van der Waals surface area (Å²) in [5, 5.41) is 9.46. The lowest BCUT2D eigenvalue weighted by Crippen LogP contribution is -2.29. The first-order valence-electron chi connectivity index (χ1n) is 4.63. The van der Waals surface area contributed by atoms with Crippen molar-refractivity contribution in [3.8, 4) is 0 Å². The number of aromatic nitrogens is 3. The Morgan fingerprint density at radius 1 is 1.69 bits per heavy atom. The summed E-state index contributed by atoms with van der Waals surface area (Å²) in [6.07, 6.45) is 3.44. The summed E-state index contributed by atoms with van der Waals surface area (Å²) in [7, 11) is 1.85. The van der Waals surface area contributed by atoms with Crippen molar-refractivity contribution in [3.63, 3.8) is 0 Å². The number of nitrogens with one attached hydrogen (secondary N) is 2. The fourth-order valence-electron chi connectivity index (χ4n) is 1.64. The molecular weight excluding hydrogens is 168 g/mol. The Morgan fingerprint density at radius 2 is 2.46 bits per heavy atom. The summed E-state index contributed by atoms with van der Waals surface area (Å²) in [5.41, 5.74) is -0.0741. The van der Waals surface area contributed by atoms with Crippen LogP contribution < -0.4 is 11.0 Å². The highest BCUT2D eigenvalue weighted by molar-refractivity contribution is 4.92. The van der Waals surface area contributed by atoms with Crippen LogP contribution in [0.1, 0.15) is 31.1 Å².